The molecular formula is C31H45NO18. The van der Waals surface area contributed by atoms with E-state index in [0.717, 1.165) is 19.3 Å². The maximum Gasteiger partial charge on any atom is 0.344 e. The van der Waals surface area contributed by atoms with Crippen molar-refractivity contribution < 1.29 is 85.8 Å². The van der Waals surface area contributed by atoms with Crippen molar-refractivity contribution >= 4 is 59.3 Å². The number of carbonyl (C=O) groups excluding carboxylic acids is 10. The summed E-state index contributed by atoms with van der Waals surface area (Å²) in [6, 6.07) is 0. The van der Waals surface area contributed by atoms with Gasteiger partial charge in [-0.3, -0.25) is 24.0 Å². The van der Waals surface area contributed by atoms with E-state index in [4.69, 9.17) is 9.47 Å². The molecule has 0 aromatic carbocycles. The maximum atomic E-state index is 11.9. The molecule has 0 spiro atoms. The van der Waals surface area contributed by atoms with Crippen LogP contribution in [0.2, 0.25) is 0 Å². The number of esters is 7. The summed E-state index contributed by atoms with van der Waals surface area (Å²) in [6.07, 6.45) is 3.97. The maximum absolute atomic E-state index is 11.9. The van der Waals surface area contributed by atoms with Gasteiger partial charge < -0.3 is 43.2 Å². The van der Waals surface area contributed by atoms with Gasteiger partial charge in [-0.25, -0.2) is 24.0 Å². The van der Waals surface area contributed by atoms with E-state index in [2.05, 4.69) is 33.7 Å². The number of ether oxygens (including phenoxy) is 8. The van der Waals surface area contributed by atoms with Crippen molar-refractivity contribution in [3.63, 3.8) is 0 Å². The van der Waals surface area contributed by atoms with Crippen molar-refractivity contribution in [1.29, 1.82) is 0 Å². The minimum absolute atomic E-state index is 0.103. The minimum Gasteiger partial charge on any atom is -0.455 e. The molecule has 1 amide bonds. The van der Waals surface area contributed by atoms with Gasteiger partial charge in [0.2, 0.25) is 0 Å². The van der Waals surface area contributed by atoms with Gasteiger partial charge in [-0.2, -0.15) is 0 Å². The van der Waals surface area contributed by atoms with Gasteiger partial charge in [0.15, 0.2) is 44.6 Å². The highest BCUT2D eigenvalue weighted by Crippen LogP contribution is 2.06. The molecule has 0 aliphatic heterocycles. The van der Waals surface area contributed by atoms with Crippen molar-refractivity contribution in [2.75, 3.05) is 66.5 Å². The molecular weight excluding hydrogens is 674 g/mol. The second kappa shape index (κ2) is 29.0. The van der Waals surface area contributed by atoms with Gasteiger partial charge in [-0.05, 0) is 32.6 Å². The van der Waals surface area contributed by atoms with E-state index in [0.29, 0.717) is 19.4 Å². The number of hydrogen-bond acceptors (Lipinski definition) is 18. The topological polar surface area (TPSA) is 257 Å². The van der Waals surface area contributed by atoms with Crippen LogP contribution in [-0.4, -0.2) is 126 Å². The van der Waals surface area contributed by atoms with Crippen LogP contribution in [0.4, 0.5) is 0 Å². The highest BCUT2D eigenvalue weighted by molar-refractivity contribution is 5.84. The van der Waals surface area contributed by atoms with E-state index in [1.165, 1.54) is 14.0 Å². The fourth-order valence-corrected chi connectivity index (χ4v) is 3.38. The second-order valence-electron chi connectivity index (χ2n) is 10.4. The summed E-state index contributed by atoms with van der Waals surface area (Å²) in [5.41, 5.74) is 0. The zero-order valence-corrected chi connectivity index (χ0v) is 28.3. The molecule has 0 aliphatic rings. The molecule has 50 heavy (non-hydrogen) atoms. The smallest absolute Gasteiger partial charge is 0.344 e. The number of amides is 1. The summed E-state index contributed by atoms with van der Waals surface area (Å²) in [7, 11) is 1.34. The van der Waals surface area contributed by atoms with E-state index in [9.17, 15) is 47.9 Å². The van der Waals surface area contributed by atoms with Crippen molar-refractivity contribution in [3.8, 4) is 0 Å². The van der Waals surface area contributed by atoms with E-state index in [-0.39, 0.29) is 56.9 Å². The molecule has 0 heterocycles. The number of Topliss-reactive ketones (excluding diaryl/α,β-unsaturated/α-hetero) is 2. The minimum atomic E-state index is -1.09. The van der Waals surface area contributed by atoms with Crippen LogP contribution >= 0.6 is 0 Å². The predicted octanol–water partition coefficient (Wildman–Crippen LogP) is -0.389. The van der Waals surface area contributed by atoms with E-state index in [1.54, 1.807) is 0 Å². The molecule has 0 atom stereocenters. The average Bonchev–Trinajstić information content (AvgIpc) is 3.08. The first-order valence-electron chi connectivity index (χ1n) is 15.7. The number of nitrogens with one attached hydrogen (secondary N) is 1. The molecule has 0 bridgehead atoms. The molecule has 0 fully saturated rings. The first-order chi connectivity index (χ1) is 23.8. The van der Waals surface area contributed by atoms with Gasteiger partial charge in [0.05, 0.1) is 0 Å². The quantitative estimate of drug-likeness (QED) is 0.0586. The predicted molar refractivity (Wildman–Crippen MR) is 163 cm³/mol. The molecule has 0 aromatic heterocycles. The van der Waals surface area contributed by atoms with Gasteiger partial charge >= 0.3 is 41.8 Å². The van der Waals surface area contributed by atoms with Crippen LogP contribution < -0.4 is 5.32 Å². The zero-order chi connectivity index (χ0) is 37.6. The summed E-state index contributed by atoms with van der Waals surface area (Å²) in [5.74, 6) is -7.23. The number of ketones is 2. The number of carbonyl (C=O) groups is 10. The van der Waals surface area contributed by atoms with Gasteiger partial charge in [-0.15, -0.1) is 0 Å². The number of methoxy groups -OCH3 is 1. The number of unbranched alkanes of at least 4 members (excludes halogenated alkanes) is 5. The van der Waals surface area contributed by atoms with Crippen LogP contribution in [-0.2, 0) is 85.8 Å². The summed E-state index contributed by atoms with van der Waals surface area (Å²) < 4.78 is 37.1. The standard InChI is InChI=1S/C31H45NO18/c1-22(33)14-44-28(39)18-47-25(36)11-7-8-12-26(37)48-19-30(41)50-21-31(42)49-20-29(40)45-15-23(34)10-6-4-3-5-9-13-32-24(35)16-46-27(38)17-43-2/h3-21H2,1-2H3,(H,32,35). The highest BCUT2D eigenvalue weighted by atomic mass is 16.6. The lowest BCUT2D eigenvalue weighted by atomic mass is 10.1. The first kappa shape index (κ1) is 45.1. The molecule has 0 saturated carbocycles. The van der Waals surface area contributed by atoms with Crippen LogP contribution in [0, 0.1) is 0 Å². The monoisotopic (exact) mass is 719 g/mol. The molecule has 0 rings (SSSR count). The lowest BCUT2D eigenvalue weighted by molar-refractivity contribution is -0.168. The number of rotatable bonds is 29. The molecule has 0 radical (unpaired) electrons. The third-order valence-electron chi connectivity index (χ3n) is 5.83. The molecule has 282 valence electrons. The summed E-state index contributed by atoms with van der Waals surface area (Å²) in [5, 5.41) is 2.62. The first-order valence-corrected chi connectivity index (χ1v) is 15.7. The fourth-order valence-electron chi connectivity index (χ4n) is 3.38. The molecule has 1 N–H and O–H groups in total. The number of hydrogen-bond donors (Lipinski definition) is 1. The van der Waals surface area contributed by atoms with Crippen LogP contribution in [0.3, 0.4) is 0 Å². The van der Waals surface area contributed by atoms with Gasteiger partial charge in [0.1, 0.15) is 19.8 Å². The molecule has 0 unspecified atom stereocenters. The SMILES string of the molecule is COCC(=O)OCC(=O)NCCCCCCCC(=O)COC(=O)COC(=O)COC(=O)COC(=O)CCCCC(=O)OCC(=O)OCC(C)=O. The van der Waals surface area contributed by atoms with Gasteiger partial charge in [-0.1, -0.05) is 19.3 Å². The Balaban J connectivity index is 3.78. The van der Waals surface area contributed by atoms with E-state index >= 15 is 0 Å². The second-order valence-corrected chi connectivity index (χ2v) is 10.4. The summed E-state index contributed by atoms with van der Waals surface area (Å²) in [4.78, 5) is 115. The Hall–Kier alpha value is -4.94. The van der Waals surface area contributed by atoms with Crippen molar-refractivity contribution in [2.45, 2.75) is 71.1 Å². The summed E-state index contributed by atoms with van der Waals surface area (Å²) in [6.45, 7) is -3.02. The Kier molecular flexibility index (Phi) is 26.2. The Morgan fingerprint density at radius 3 is 1.28 bits per heavy atom. The van der Waals surface area contributed by atoms with Crippen LogP contribution in [0.1, 0.15) is 71.1 Å². The Labute approximate surface area is 288 Å². The van der Waals surface area contributed by atoms with Crippen LogP contribution in [0.5, 0.6) is 0 Å². The van der Waals surface area contributed by atoms with E-state index < -0.39 is 87.3 Å². The third-order valence-corrected chi connectivity index (χ3v) is 5.83. The largest absolute Gasteiger partial charge is 0.455 e. The average molecular weight is 720 g/mol. The zero-order valence-electron chi connectivity index (χ0n) is 28.3. The summed E-state index contributed by atoms with van der Waals surface area (Å²) >= 11 is 0. The Morgan fingerprint density at radius 2 is 0.780 bits per heavy atom. The Morgan fingerprint density at radius 1 is 0.400 bits per heavy atom. The Bertz CT molecular complexity index is 1150. The van der Waals surface area contributed by atoms with Crippen molar-refractivity contribution in [1.82, 2.24) is 5.32 Å². The van der Waals surface area contributed by atoms with Gasteiger partial charge in [0.25, 0.3) is 5.91 Å². The van der Waals surface area contributed by atoms with Crippen LogP contribution in [0.15, 0.2) is 0 Å². The lowest BCUT2D eigenvalue weighted by Crippen LogP contribution is -2.30. The van der Waals surface area contributed by atoms with E-state index in [1.807, 2.05) is 0 Å². The molecule has 0 aromatic rings. The lowest BCUT2D eigenvalue weighted by Gasteiger charge is -2.08. The van der Waals surface area contributed by atoms with Gasteiger partial charge in [0, 0.05) is 32.9 Å². The third kappa shape index (κ3) is 29.2. The van der Waals surface area contributed by atoms with Crippen molar-refractivity contribution in [3.05, 3.63) is 0 Å². The normalized spacial score (nSPS) is 10.2. The van der Waals surface area contributed by atoms with Crippen molar-refractivity contribution in [2.24, 2.45) is 0 Å². The highest BCUT2D eigenvalue weighted by Gasteiger charge is 2.15. The molecule has 19 nitrogen and oxygen atoms in total. The molecule has 0 saturated heterocycles. The van der Waals surface area contributed by atoms with Crippen LogP contribution in [0.25, 0.3) is 0 Å². The molecule has 0 aliphatic carbocycles. The molecule has 19 heteroatoms. The fraction of sp³-hybridized carbons (Fsp3) is 0.677.